The zero-order valence-corrected chi connectivity index (χ0v) is 10.5. The molecule has 0 N–H and O–H groups in total. The van der Waals surface area contributed by atoms with Crippen LogP contribution in [-0.2, 0) is 9.53 Å². The Labute approximate surface area is 102 Å². The van der Waals surface area contributed by atoms with Crippen LogP contribution in [0.4, 0.5) is 4.79 Å². The van der Waals surface area contributed by atoms with E-state index in [0.717, 1.165) is 18.5 Å². The first kappa shape index (κ1) is 12.1. The number of likely N-dealkylation sites (tertiary alicyclic amines) is 1. The molecule has 1 fully saturated rings. The van der Waals surface area contributed by atoms with E-state index in [9.17, 15) is 9.59 Å². The van der Waals surface area contributed by atoms with Crippen molar-refractivity contribution < 1.29 is 14.3 Å². The SMILES string of the molecule is CCOC(=O)N1CCCC2(C)CC(=O)CC=C12. The van der Waals surface area contributed by atoms with E-state index in [2.05, 4.69) is 6.92 Å². The van der Waals surface area contributed by atoms with Gasteiger partial charge in [-0.2, -0.15) is 0 Å². The van der Waals surface area contributed by atoms with Crippen LogP contribution in [0.15, 0.2) is 11.8 Å². The molecule has 1 unspecified atom stereocenters. The predicted molar refractivity (Wildman–Crippen MR) is 63.4 cm³/mol. The smallest absolute Gasteiger partial charge is 0.414 e. The number of hydrogen-bond donors (Lipinski definition) is 0. The molecule has 0 saturated carbocycles. The Hall–Kier alpha value is -1.32. The summed E-state index contributed by atoms with van der Waals surface area (Å²) >= 11 is 0. The number of carbonyl (C=O) groups excluding carboxylic acids is 2. The standard InChI is InChI=1S/C13H19NO3/c1-3-17-12(16)14-8-4-7-13(2)9-10(15)5-6-11(13)14/h6H,3-5,7-9H2,1-2H3. The topological polar surface area (TPSA) is 46.6 Å². The van der Waals surface area contributed by atoms with Crippen LogP contribution in [0.25, 0.3) is 0 Å². The van der Waals surface area contributed by atoms with Gasteiger partial charge in [-0.25, -0.2) is 4.79 Å². The number of nitrogens with zero attached hydrogens (tertiary/aromatic N) is 1. The molecule has 0 radical (unpaired) electrons. The van der Waals surface area contributed by atoms with Crippen LogP contribution in [0.3, 0.4) is 0 Å². The molecule has 4 nitrogen and oxygen atoms in total. The van der Waals surface area contributed by atoms with Crippen molar-refractivity contribution >= 4 is 11.9 Å². The van der Waals surface area contributed by atoms with Gasteiger partial charge in [-0.3, -0.25) is 9.69 Å². The highest BCUT2D eigenvalue weighted by molar-refractivity contribution is 5.83. The lowest BCUT2D eigenvalue weighted by atomic mass is 9.71. The first-order valence-electron chi connectivity index (χ1n) is 6.23. The molecule has 94 valence electrons. The summed E-state index contributed by atoms with van der Waals surface area (Å²) in [6.07, 6.45) is 4.52. The van der Waals surface area contributed by atoms with Crippen LogP contribution in [0.1, 0.15) is 39.5 Å². The van der Waals surface area contributed by atoms with Crippen molar-refractivity contribution in [2.45, 2.75) is 39.5 Å². The van der Waals surface area contributed by atoms with Gasteiger partial charge in [0.15, 0.2) is 0 Å². The molecule has 2 rings (SSSR count). The molecule has 2 aliphatic rings. The van der Waals surface area contributed by atoms with E-state index in [0.29, 0.717) is 26.0 Å². The zero-order chi connectivity index (χ0) is 12.5. The van der Waals surface area contributed by atoms with E-state index in [1.165, 1.54) is 0 Å². The Morgan fingerprint density at radius 2 is 2.35 bits per heavy atom. The highest BCUT2D eigenvalue weighted by atomic mass is 16.6. The van der Waals surface area contributed by atoms with Crippen LogP contribution >= 0.6 is 0 Å². The molecular weight excluding hydrogens is 218 g/mol. The average Bonchev–Trinajstić information content (AvgIpc) is 2.26. The zero-order valence-electron chi connectivity index (χ0n) is 10.5. The summed E-state index contributed by atoms with van der Waals surface area (Å²) in [6, 6.07) is 0. The molecule has 0 aromatic carbocycles. The maximum atomic E-state index is 11.9. The molecule has 1 atom stereocenters. The van der Waals surface area contributed by atoms with E-state index in [4.69, 9.17) is 4.74 Å². The third-order valence-corrected chi connectivity index (χ3v) is 3.62. The van der Waals surface area contributed by atoms with Crippen LogP contribution in [0, 0.1) is 5.41 Å². The highest BCUT2D eigenvalue weighted by Gasteiger charge is 2.42. The Morgan fingerprint density at radius 3 is 3.06 bits per heavy atom. The molecule has 1 heterocycles. The number of ether oxygens (including phenoxy) is 1. The van der Waals surface area contributed by atoms with Crippen molar-refractivity contribution in [2.75, 3.05) is 13.2 Å². The number of amides is 1. The third kappa shape index (κ3) is 2.21. The fourth-order valence-corrected chi connectivity index (χ4v) is 2.85. The third-order valence-electron chi connectivity index (χ3n) is 3.62. The van der Waals surface area contributed by atoms with Gasteiger partial charge < -0.3 is 4.74 Å². The molecule has 17 heavy (non-hydrogen) atoms. The number of carbonyl (C=O) groups is 2. The first-order chi connectivity index (χ1) is 8.07. The van der Waals surface area contributed by atoms with Crippen molar-refractivity contribution in [3.8, 4) is 0 Å². The molecule has 1 saturated heterocycles. The van der Waals surface area contributed by atoms with Crippen LogP contribution in [0.5, 0.6) is 0 Å². The van der Waals surface area contributed by atoms with Gasteiger partial charge in [0.1, 0.15) is 5.78 Å². The van der Waals surface area contributed by atoms with Gasteiger partial charge >= 0.3 is 6.09 Å². The molecule has 0 bridgehead atoms. The van der Waals surface area contributed by atoms with Gasteiger partial charge in [0.05, 0.1) is 6.61 Å². The number of piperidine rings is 1. The number of Topliss-reactive ketones (excluding diaryl/α,β-unsaturated/α-hetero) is 1. The van der Waals surface area contributed by atoms with E-state index in [1.54, 1.807) is 11.8 Å². The molecule has 0 spiro atoms. The first-order valence-corrected chi connectivity index (χ1v) is 6.23. The normalized spacial score (nSPS) is 28.5. The largest absolute Gasteiger partial charge is 0.449 e. The molecule has 0 aromatic rings. The van der Waals surface area contributed by atoms with Gasteiger partial charge in [-0.05, 0) is 19.8 Å². The Morgan fingerprint density at radius 1 is 1.59 bits per heavy atom. The molecule has 4 heteroatoms. The van der Waals surface area contributed by atoms with Crippen LogP contribution in [-0.4, -0.2) is 29.9 Å². The van der Waals surface area contributed by atoms with Crippen LogP contribution in [0.2, 0.25) is 0 Å². The number of fused-ring (bicyclic) bond motifs is 1. The lowest BCUT2D eigenvalue weighted by molar-refractivity contribution is -0.121. The van der Waals surface area contributed by atoms with Gasteiger partial charge in [-0.1, -0.05) is 13.0 Å². The van der Waals surface area contributed by atoms with Gasteiger partial charge in [0.25, 0.3) is 0 Å². The van der Waals surface area contributed by atoms with Crippen LogP contribution < -0.4 is 0 Å². The fraction of sp³-hybridized carbons (Fsp3) is 0.692. The minimum Gasteiger partial charge on any atom is -0.449 e. The van der Waals surface area contributed by atoms with Crippen molar-refractivity contribution in [2.24, 2.45) is 5.41 Å². The molecule has 1 amide bonds. The van der Waals surface area contributed by atoms with Gasteiger partial charge in [0, 0.05) is 30.5 Å². The number of allylic oxidation sites excluding steroid dienone is 2. The highest BCUT2D eigenvalue weighted by Crippen LogP contribution is 2.44. The van der Waals surface area contributed by atoms with E-state index in [1.807, 2.05) is 6.08 Å². The van der Waals surface area contributed by atoms with Crippen molar-refractivity contribution in [3.05, 3.63) is 11.8 Å². The lowest BCUT2D eigenvalue weighted by Gasteiger charge is -2.44. The van der Waals surface area contributed by atoms with Gasteiger partial charge in [-0.15, -0.1) is 0 Å². The molecular formula is C13H19NO3. The number of ketones is 1. The summed E-state index contributed by atoms with van der Waals surface area (Å²) in [4.78, 5) is 25.1. The van der Waals surface area contributed by atoms with Crippen molar-refractivity contribution in [1.29, 1.82) is 0 Å². The fourth-order valence-electron chi connectivity index (χ4n) is 2.85. The molecule has 1 aliphatic heterocycles. The van der Waals surface area contributed by atoms with Crippen molar-refractivity contribution in [1.82, 2.24) is 4.90 Å². The molecule has 1 aliphatic carbocycles. The second-order valence-electron chi connectivity index (χ2n) is 5.02. The minimum absolute atomic E-state index is 0.166. The summed E-state index contributed by atoms with van der Waals surface area (Å²) in [5.41, 5.74) is 0.821. The Kier molecular flexibility index (Phi) is 3.22. The summed E-state index contributed by atoms with van der Waals surface area (Å²) in [5.74, 6) is 0.266. The maximum absolute atomic E-state index is 11.9. The second-order valence-corrected chi connectivity index (χ2v) is 5.02. The number of hydrogen-bond acceptors (Lipinski definition) is 3. The Balaban J connectivity index is 2.24. The van der Waals surface area contributed by atoms with Gasteiger partial charge in [0.2, 0.25) is 0 Å². The lowest BCUT2D eigenvalue weighted by Crippen LogP contribution is -2.45. The molecule has 0 aromatic heterocycles. The summed E-state index contributed by atoms with van der Waals surface area (Å²) in [5, 5.41) is 0. The van der Waals surface area contributed by atoms with E-state index in [-0.39, 0.29) is 17.3 Å². The minimum atomic E-state index is -0.279. The summed E-state index contributed by atoms with van der Waals surface area (Å²) in [6.45, 7) is 4.97. The van der Waals surface area contributed by atoms with Crippen molar-refractivity contribution in [3.63, 3.8) is 0 Å². The average molecular weight is 237 g/mol. The summed E-state index contributed by atoms with van der Waals surface area (Å²) in [7, 11) is 0. The summed E-state index contributed by atoms with van der Waals surface area (Å²) < 4.78 is 5.06. The maximum Gasteiger partial charge on any atom is 0.414 e. The number of rotatable bonds is 1. The Bertz CT molecular complexity index is 375. The quantitative estimate of drug-likeness (QED) is 0.704. The predicted octanol–water partition coefficient (Wildman–Crippen LogP) is 2.49. The second kappa shape index (κ2) is 4.51. The van der Waals surface area contributed by atoms with E-state index < -0.39 is 0 Å². The monoisotopic (exact) mass is 237 g/mol. The van der Waals surface area contributed by atoms with E-state index >= 15 is 0 Å².